The monoisotopic (exact) mass is 561 g/mol. The van der Waals surface area contributed by atoms with Crippen LogP contribution in [0.25, 0.3) is 0 Å². The van der Waals surface area contributed by atoms with Crippen LogP contribution in [0.3, 0.4) is 0 Å². The highest BCUT2D eigenvalue weighted by atomic mass is 16.5. The molecule has 2 heteroatoms. The molecule has 0 aliphatic heterocycles. The van der Waals surface area contributed by atoms with Gasteiger partial charge in [0.15, 0.2) is 0 Å². The molecule has 0 N–H and O–H groups in total. The molecule has 0 aromatic heterocycles. The summed E-state index contributed by atoms with van der Waals surface area (Å²) in [6, 6.07) is 0. The average molecular weight is 561 g/mol. The first-order valence-electron chi connectivity index (χ1n) is 17.8. The van der Waals surface area contributed by atoms with Gasteiger partial charge in [0.25, 0.3) is 0 Å². The van der Waals surface area contributed by atoms with Crippen molar-refractivity contribution < 1.29 is 9.53 Å². The molecule has 0 aromatic carbocycles. The topological polar surface area (TPSA) is 26.3 Å². The molecular weight excluding hydrogens is 488 g/mol. The Labute approximate surface area is 252 Å². The second-order valence-electron chi connectivity index (χ2n) is 13.4. The minimum atomic E-state index is -0.0300. The largest absolute Gasteiger partial charge is 0.461 e. The molecule has 0 rings (SSSR count). The Morgan fingerprint density at radius 1 is 0.600 bits per heavy atom. The van der Waals surface area contributed by atoms with E-state index in [0.717, 1.165) is 37.0 Å². The van der Waals surface area contributed by atoms with Crippen LogP contribution in [0.5, 0.6) is 0 Å². The summed E-state index contributed by atoms with van der Waals surface area (Å²) in [5, 5.41) is 0. The van der Waals surface area contributed by atoms with Gasteiger partial charge in [-0.2, -0.15) is 0 Å². The Morgan fingerprint density at radius 3 is 1.68 bits per heavy atom. The van der Waals surface area contributed by atoms with Gasteiger partial charge in [-0.15, -0.1) is 0 Å². The molecule has 0 radical (unpaired) electrons. The van der Waals surface area contributed by atoms with Gasteiger partial charge in [-0.25, -0.2) is 0 Å². The summed E-state index contributed by atoms with van der Waals surface area (Å²) in [7, 11) is 0. The van der Waals surface area contributed by atoms with E-state index in [2.05, 4.69) is 59.8 Å². The van der Waals surface area contributed by atoms with E-state index in [9.17, 15) is 4.79 Å². The highest BCUT2D eigenvalue weighted by Gasteiger charge is 2.07. The lowest BCUT2D eigenvalue weighted by atomic mass is 9.91. The molecule has 0 aliphatic carbocycles. The molecule has 2 unspecified atom stereocenters. The lowest BCUT2D eigenvalue weighted by Crippen LogP contribution is -2.04. The first kappa shape index (κ1) is 39.0. The zero-order chi connectivity index (χ0) is 29.7. The summed E-state index contributed by atoms with van der Waals surface area (Å²) in [5.41, 5.74) is 1.36. The van der Waals surface area contributed by atoms with Crippen molar-refractivity contribution in [3.8, 4) is 0 Å². The number of carbonyl (C=O) groups is 1. The average Bonchev–Trinajstić information content (AvgIpc) is 2.90. The fraction of sp³-hybridized carbons (Fsp3) is 0.868. The highest BCUT2D eigenvalue weighted by molar-refractivity contribution is 5.69. The van der Waals surface area contributed by atoms with Crippen LogP contribution in [0.4, 0.5) is 0 Å². The van der Waals surface area contributed by atoms with Crippen LogP contribution in [0.1, 0.15) is 189 Å². The zero-order valence-corrected chi connectivity index (χ0v) is 28.3. The predicted molar refractivity (Wildman–Crippen MR) is 179 cm³/mol. The van der Waals surface area contributed by atoms with Crippen molar-refractivity contribution in [2.75, 3.05) is 6.61 Å². The van der Waals surface area contributed by atoms with Crippen LogP contribution in [0, 0.1) is 17.8 Å². The summed E-state index contributed by atoms with van der Waals surface area (Å²) < 4.78 is 5.45. The van der Waals surface area contributed by atoms with Crippen molar-refractivity contribution in [2.24, 2.45) is 17.8 Å². The van der Waals surface area contributed by atoms with Gasteiger partial charge in [-0.05, 0) is 75.7 Å². The van der Waals surface area contributed by atoms with E-state index in [-0.39, 0.29) is 5.97 Å². The Morgan fingerprint density at radius 2 is 1.10 bits per heavy atom. The third-order valence-corrected chi connectivity index (χ3v) is 8.46. The van der Waals surface area contributed by atoms with Gasteiger partial charge in [0.1, 0.15) is 6.61 Å². The van der Waals surface area contributed by atoms with Crippen molar-refractivity contribution in [1.82, 2.24) is 0 Å². The van der Waals surface area contributed by atoms with Crippen molar-refractivity contribution in [3.05, 3.63) is 23.8 Å². The molecule has 0 saturated carbocycles. The summed E-state index contributed by atoms with van der Waals surface area (Å²) in [4.78, 5) is 12.0. The summed E-state index contributed by atoms with van der Waals surface area (Å²) >= 11 is 0. The minimum absolute atomic E-state index is 0.0300. The number of hydrogen-bond acceptors (Lipinski definition) is 2. The maximum Gasteiger partial charge on any atom is 0.306 e. The van der Waals surface area contributed by atoms with Gasteiger partial charge in [0, 0.05) is 6.42 Å². The number of ether oxygens (including phenoxy) is 1. The lowest BCUT2D eigenvalue weighted by molar-refractivity contribution is -0.142. The molecule has 0 spiro atoms. The molecule has 0 saturated heterocycles. The molecule has 2 nitrogen and oxygen atoms in total. The lowest BCUT2D eigenvalue weighted by Gasteiger charge is -2.15. The van der Waals surface area contributed by atoms with E-state index in [1.807, 2.05) is 0 Å². The van der Waals surface area contributed by atoms with Crippen LogP contribution in [-0.2, 0) is 9.53 Å². The van der Waals surface area contributed by atoms with E-state index < -0.39 is 0 Å². The predicted octanol–water partition coefficient (Wildman–Crippen LogP) is 13.0. The number of hydrogen-bond donors (Lipinski definition) is 0. The molecule has 236 valence electrons. The SMILES string of the molecule is CCCCCCC=CCCCCCCCCCC(=O)OCC=C(C)CCCC(C)CCCC(C)CCCC(C)C. The van der Waals surface area contributed by atoms with Crippen molar-refractivity contribution in [3.63, 3.8) is 0 Å². The fourth-order valence-corrected chi connectivity index (χ4v) is 5.50. The molecule has 40 heavy (non-hydrogen) atoms. The minimum Gasteiger partial charge on any atom is -0.461 e. The number of carbonyl (C=O) groups excluding carboxylic acids is 1. The summed E-state index contributed by atoms with van der Waals surface area (Å²) in [6.07, 6.45) is 36.0. The molecule has 0 aromatic rings. The Kier molecular flexibility index (Phi) is 28.7. The van der Waals surface area contributed by atoms with E-state index in [1.165, 1.54) is 128 Å². The van der Waals surface area contributed by atoms with E-state index in [1.54, 1.807) is 0 Å². The van der Waals surface area contributed by atoms with Crippen LogP contribution in [0.15, 0.2) is 23.8 Å². The highest BCUT2D eigenvalue weighted by Crippen LogP contribution is 2.22. The molecular formula is C38H72O2. The maximum atomic E-state index is 12.0. The molecule has 2 atom stereocenters. The normalized spacial score (nSPS) is 13.8. The van der Waals surface area contributed by atoms with E-state index >= 15 is 0 Å². The summed E-state index contributed by atoms with van der Waals surface area (Å²) in [5.74, 6) is 2.52. The molecule has 0 fully saturated rings. The molecule has 0 bridgehead atoms. The number of allylic oxidation sites excluding steroid dienone is 3. The maximum absolute atomic E-state index is 12.0. The molecule has 0 heterocycles. The number of unbranched alkanes of at least 4 members (excludes halogenated alkanes) is 11. The van der Waals surface area contributed by atoms with Gasteiger partial charge in [-0.3, -0.25) is 4.79 Å². The Bertz CT molecular complexity index is 603. The Hall–Kier alpha value is -1.05. The van der Waals surface area contributed by atoms with Gasteiger partial charge >= 0.3 is 5.97 Å². The van der Waals surface area contributed by atoms with Crippen molar-refractivity contribution in [2.45, 2.75) is 189 Å². The second-order valence-corrected chi connectivity index (χ2v) is 13.4. The van der Waals surface area contributed by atoms with Crippen LogP contribution in [-0.4, -0.2) is 12.6 Å². The quantitative estimate of drug-likeness (QED) is 0.0516. The first-order valence-corrected chi connectivity index (χ1v) is 17.8. The number of esters is 1. The van der Waals surface area contributed by atoms with Crippen LogP contribution < -0.4 is 0 Å². The van der Waals surface area contributed by atoms with Crippen LogP contribution >= 0.6 is 0 Å². The molecule has 0 amide bonds. The van der Waals surface area contributed by atoms with Crippen molar-refractivity contribution >= 4 is 5.97 Å². The smallest absolute Gasteiger partial charge is 0.306 e. The van der Waals surface area contributed by atoms with Gasteiger partial charge < -0.3 is 4.74 Å². The van der Waals surface area contributed by atoms with Crippen molar-refractivity contribution in [1.29, 1.82) is 0 Å². The summed E-state index contributed by atoms with van der Waals surface area (Å²) in [6.45, 7) is 14.4. The third kappa shape index (κ3) is 29.9. The zero-order valence-electron chi connectivity index (χ0n) is 28.3. The van der Waals surface area contributed by atoms with E-state index in [4.69, 9.17) is 4.74 Å². The standard InChI is InChI=1S/C38H72O2/c1-7-8-9-10-11-12-13-14-15-16-17-18-19-20-21-31-38(39)40-33-32-37(6)30-24-29-36(5)28-23-27-35(4)26-22-25-34(2)3/h12-13,32,34-36H,7-11,14-31,33H2,1-6H3. The fourth-order valence-electron chi connectivity index (χ4n) is 5.50. The Balaban J connectivity index is 3.56. The number of rotatable bonds is 29. The third-order valence-electron chi connectivity index (χ3n) is 8.46. The van der Waals surface area contributed by atoms with Crippen LogP contribution in [0.2, 0.25) is 0 Å². The van der Waals surface area contributed by atoms with E-state index in [0.29, 0.717) is 13.0 Å². The first-order chi connectivity index (χ1) is 19.3. The van der Waals surface area contributed by atoms with Gasteiger partial charge in [-0.1, -0.05) is 149 Å². The molecule has 0 aliphatic rings. The van der Waals surface area contributed by atoms with Gasteiger partial charge in [0.2, 0.25) is 0 Å². The second kappa shape index (κ2) is 29.4. The van der Waals surface area contributed by atoms with Gasteiger partial charge in [0.05, 0.1) is 0 Å².